The van der Waals surface area contributed by atoms with Gasteiger partial charge in [0.25, 0.3) is 5.91 Å². The van der Waals surface area contributed by atoms with E-state index in [4.69, 9.17) is 5.73 Å². The van der Waals surface area contributed by atoms with Gasteiger partial charge in [-0.15, -0.1) is 0 Å². The molecule has 98 valence electrons. The Morgan fingerprint density at radius 3 is 2.44 bits per heavy atom. The molecule has 1 amide bonds. The predicted octanol–water partition coefficient (Wildman–Crippen LogP) is -0.106. The van der Waals surface area contributed by atoms with Crippen LogP contribution < -0.4 is 5.73 Å². The minimum absolute atomic E-state index is 0.0371. The molecule has 0 aromatic heterocycles. The van der Waals surface area contributed by atoms with E-state index in [1.54, 1.807) is 0 Å². The van der Waals surface area contributed by atoms with Gasteiger partial charge in [-0.3, -0.25) is 4.79 Å². The lowest BCUT2D eigenvalue weighted by Crippen LogP contribution is -2.30. The third kappa shape index (κ3) is 2.16. The van der Waals surface area contributed by atoms with Crippen molar-refractivity contribution < 1.29 is 19.4 Å². The van der Waals surface area contributed by atoms with E-state index in [0.717, 1.165) is 6.07 Å². The standard InChI is InChI=1S/C12H15FN2O3/c1-6-8(13)2-7(3-9(6)14)12(18)15-4-10(16)11(17)5-15/h2-3,10-11,16-17H,4-5,14H2,1H3. The van der Waals surface area contributed by atoms with Gasteiger partial charge in [0.1, 0.15) is 5.82 Å². The Bertz CT molecular complexity index is 459. The Morgan fingerprint density at radius 2 is 1.94 bits per heavy atom. The number of hydrogen-bond donors (Lipinski definition) is 3. The van der Waals surface area contributed by atoms with E-state index in [1.807, 2.05) is 0 Å². The number of nitrogen functional groups attached to an aromatic ring is 1. The molecule has 0 radical (unpaired) electrons. The SMILES string of the molecule is Cc1c(N)cc(C(=O)N2CC(O)C(O)C2)cc1F. The number of likely N-dealkylation sites (tertiary alicyclic amines) is 1. The van der Waals surface area contributed by atoms with Crippen LogP contribution in [-0.2, 0) is 0 Å². The second-order valence-electron chi connectivity index (χ2n) is 4.52. The fourth-order valence-electron chi connectivity index (χ4n) is 1.94. The lowest BCUT2D eigenvalue weighted by Gasteiger charge is -2.16. The van der Waals surface area contributed by atoms with E-state index in [-0.39, 0.29) is 24.3 Å². The summed E-state index contributed by atoms with van der Waals surface area (Å²) in [4.78, 5) is 13.3. The van der Waals surface area contributed by atoms with Crippen LogP contribution in [0.3, 0.4) is 0 Å². The monoisotopic (exact) mass is 254 g/mol. The first kappa shape index (κ1) is 12.8. The van der Waals surface area contributed by atoms with Crippen molar-refractivity contribution in [1.82, 2.24) is 4.90 Å². The molecule has 2 atom stereocenters. The van der Waals surface area contributed by atoms with Crippen LogP contribution in [0.1, 0.15) is 15.9 Å². The first-order valence-electron chi connectivity index (χ1n) is 5.61. The number of rotatable bonds is 1. The molecule has 18 heavy (non-hydrogen) atoms. The Balaban J connectivity index is 2.25. The molecule has 1 fully saturated rings. The van der Waals surface area contributed by atoms with E-state index in [0.29, 0.717) is 5.56 Å². The van der Waals surface area contributed by atoms with Gasteiger partial charge in [-0.2, -0.15) is 0 Å². The van der Waals surface area contributed by atoms with Gasteiger partial charge in [-0.05, 0) is 19.1 Å². The van der Waals surface area contributed by atoms with Gasteiger partial charge in [0.2, 0.25) is 0 Å². The van der Waals surface area contributed by atoms with Gasteiger partial charge >= 0.3 is 0 Å². The fraction of sp³-hybridized carbons (Fsp3) is 0.417. The lowest BCUT2D eigenvalue weighted by atomic mass is 10.1. The van der Waals surface area contributed by atoms with Crippen LogP contribution in [0.2, 0.25) is 0 Å². The zero-order chi connectivity index (χ0) is 13.4. The van der Waals surface area contributed by atoms with E-state index >= 15 is 0 Å². The fourth-order valence-corrected chi connectivity index (χ4v) is 1.94. The Kier molecular flexibility index (Phi) is 3.23. The highest BCUT2D eigenvalue weighted by atomic mass is 19.1. The van der Waals surface area contributed by atoms with Gasteiger partial charge in [0.15, 0.2) is 0 Å². The van der Waals surface area contributed by atoms with E-state index in [2.05, 4.69) is 0 Å². The van der Waals surface area contributed by atoms with Crippen molar-refractivity contribution in [2.75, 3.05) is 18.8 Å². The van der Waals surface area contributed by atoms with Crippen LogP contribution in [0, 0.1) is 12.7 Å². The minimum atomic E-state index is -0.957. The quantitative estimate of drug-likeness (QED) is 0.610. The highest BCUT2D eigenvalue weighted by Gasteiger charge is 2.33. The third-order valence-electron chi connectivity index (χ3n) is 3.18. The summed E-state index contributed by atoms with van der Waals surface area (Å²) in [6, 6.07) is 2.52. The molecule has 0 spiro atoms. The van der Waals surface area contributed by atoms with Gasteiger partial charge in [-0.25, -0.2) is 4.39 Å². The molecule has 1 aliphatic heterocycles. The zero-order valence-electron chi connectivity index (χ0n) is 9.93. The summed E-state index contributed by atoms with van der Waals surface area (Å²) >= 11 is 0. The molecule has 1 aliphatic rings. The molecule has 0 bridgehead atoms. The number of halogens is 1. The van der Waals surface area contributed by atoms with Crippen LogP contribution in [0.15, 0.2) is 12.1 Å². The largest absolute Gasteiger partial charge is 0.398 e. The maximum atomic E-state index is 13.5. The molecule has 1 heterocycles. The molecule has 6 heteroatoms. The summed E-state index contributed by atoms with van der Waals surface area (Å²) in [7, 11) is 0. The molecule has 0 saturated carbocycles. The number of nitrogens with zero attached hydrogens (tertiary/aromatic N) is 1. The average molecular weight is 254 g/mol. The molecule has 2 unspecified atom stereocenters. The van der Waals surface area contributed by atoms with E-state index in [1.165, 1.54) is 17.9 Å². The number of carbonyl (C=O) groups excluding carboxylic acids is 1. The molecular weight excluding hydrogens is 239 g/mol. The lowest BCUT2D eigenvalue weighted by molar-refractivity contribution is 0.0572. The van der Waals surface area contributed by atoms with Gasteiger partial charge in [0, 0.05) is 29.9 Å². The zero-order valence-corrected chi connectivity index (χ0v) is 9.93. The highest BCUT2D eigenvalue weighted by molar-refractivity contribution is 5.95. The number of aliphatic hydroxyl groups excluding tert-OH is 2. The van der Waals surface area contributed by atoms with Crippen molar-refractivity contribution in [3.8, 4) is 0 Å². The number of carbonyl (C=O) groups is 1. The van der Waals surface area contributed by atoms with Crippen molar-refractivity contribution in [1.29, 1.82) is 0 Å². The molecular formula is C12H15FN2O3. The van der Waals surface area contributed by atoms with Crippen molar-refractivity contribution in [3.05, 3.63) is 29.1 Å². The number of benzene rings is 1. The van der Waals surface area contributed by atoms with Crippen LogP contribution in [0.25, 0.3) is 0 Å². The summed E-state index contributed by atoms with van der Waals surface area (Å²) in [5.74, 6) is -0.991. The topological polar surface area (TPSA) is 86.8 Å². The predicted molar refractivity (Wildman–Crippen MR) is 63.5 cm³/mol. The molecule has 2 rings (SSSR count). The summed E-state index contributed by atoms with van der Waals surface area (Å²) in [5.41, 5.74) is 6.23. The van der Waals surface area contributed by atoms with Crippen molar-refractivity contribution in [2.45, 2.75) is 19.1 Å². The summed E-state index contributed by atoms with van der Waals surface area (Å²) in [6.07, 6.45) is -1.91. The molecule has 5 nitrogen and oxygen atoms in total. The van der Waals surface area contributed by atoms with Gasteiger partial charge in [-0.1, -0.05) is 0 Å². The van der Waals surface area contributed by atoms with Crippen molar-refractivity contribution >= 4 is 11.6 Å². The number of anilines is 1. The van der Waals surface area contributed by atoms with E-state index in [9.17, 15) is 19.4 Å². The molecule has 1 aromatic carbocycles. The first-order chi connectivity index (χ1) is 8.40. The normalized spacial score (nSPS) is 23.4. The number of β-amino-alcohol motifs (C(OH)–C–C–N with tert-alkyl or cyclic N) is 2. The van der Waals surface area contributed by atoms with Crippen LogP contribution >= 0.6 is 0 Å². The van der Waals surface area contributed by atoms with Gasteiger partial charge in [0.05, 0.1) is 12.2 Å². The molecule has 0 aliphatic carbocycles. The van der Waals surface area contributed by atoms with Crippen molar-refractivity contribution in [2.24, 2.45) is 0 Å². The maximum Gasteiger partial charge on any atom is 0.254 e. The Labute approximate surface area is 104 Å². The van der Waals surface area contributed by atoms with E-state index < -0.39 is 23.9 Å². The summed E-state index contributed by atoms with van der Waals surface area (Å²) < 4.78 is 13.5. The molecule has 1 saturated heterocycles. The minimum Gasteiger partial charge on any atom is -0.398 e. The maximum absolute atomic E-state index is 13.5. The third-order valence-corrected chi connectivity index (χ3v) is 3.18. The van der Waals surface area contributed by atoms with Gasteiger partial charge < -0.3 is 20.8 Å². The van der Waals surface area contributed by atoms with Crippen molar-refractivity contribution in [3.63, 3.8) is 0 Å². The number of aliphatic hydroxyl groups is 2. The second kappa shape index (κ2) is 4.55. The summed E-state index contributed by atoms with van der Waals surface area (Å²) in [6.45, 7) is 1.60. The number of amides is 1. The average Bonchev–Trinajstić information content (AvgIpc) is 2.65. The molecule has 1 aromatic rings. The smallest absolute Gasteiger partial charge is 0.254 e. The first-order valence-corrected chi connectivity index (χ1v) is 5.61. The van der Waals surface area contributed by atoms with Crippen LogP contribution in [-0.4, -0.2) is 46.3 Å². The second-order valence-corrected chi connectivity index (χ2v) is 4.52. The number of hydrogen-bond acceptors (Lipinski definition) is 4. The highest BCUT2D eigenvalue weighted by Crippen LogP contribution is 2.20. The molecule has 4 N–H and O–H groups in total. The Morgan fingerprint density at radius 1 is 1.39 bits per heavy atom. The summed E-state index contributed by atoms with van der Waals surface area (Å²) in [5, 5.41) is 18.7. The van der Waals surface area contributed by atoms with Crippen LogP contribution in [0.4, 0.5) is 10.1 Å². The van der Waals surface area contributed by atoms with Crippen LogP contribution in [0.5, 0.6) is 0 Å². The number of nitrogens with two attached hydrogens (primary N) is 1. The Hall–Kier alpha value is -1.66.